The Labute approximate surface area is 153 Å². The first kappa shape index (κ1) is 16.4. The average Bonchev–Trinajstić information content (AvgIpc) is 3.26. The van der Waals surface area contributed by atoms with Gasteiger partial charge < -0.3 is 17.0 Å². The summed E-state index contributed by atoms with van der Waals surface area (Å²) in [5, 5.41) is 5.49. The number of thiazole rings is 1. The van der Waals surface area contributed by atoms with Crippen molar-refractivity contribution in [3.8, 4) is 10.6 Å². The van der Waals surface area contributed by atoms with Crippen LogP contribution in [0.1, 0.15) is 10.4 Å². The van der Waals surface area contributed by atoms with Crippen LogP contribution in [0.2, 0.25) is 0 Å². The number of anilines is 1. The maximum Gasteiger partial charge on any atom is 0.337 e. The number of hydrogen-bond acceptors (Lipinski definition) is 4. The number of hydrogen-bond donors (Lipinski definition) is 0. The first-order valence-corrected chi connectivity index (χ1v) is 8.97. The number of aromatic nitrogens is 1. The lowest BCUT2D eigenvalue weighted by Gasteiger charge is -2.07. The van der Waals surface area contributed by atoms with E-state index in [2.05, 4.69) is 32.4 Å². The summed E-state index contributed by atoms with van der Waals surface area (Å²) < 4.78 is 2.33. The van der Waals surface area contributed by atoms with Crippen LogP contribution >= 0.6 is 22.7 Å². The molecule has 0 bridgehead atoms. The zero-order chi connectivity index (χ0) is 14.9. The van der Waals surface area contributed by atoms with Crippen molar-refractivity contribution in [2.45, 2.75) is 6.54 Å². The van der Waals surface area contributed by atoms with Crippen molar-refractivity contribution >= 4 is 33.6 Å². The van der Waals surface area contributed by atoms with E-state index in [0.717, 1.165) is 18.7 Å². The first-order valence-electron chi connectivity index (χ1n) is 7.21. The monoisotopic (exact) mass is 406 g/mol. The maximum atomic E-state index is 12.4. The molecule has 6 heteroatoms. The van der Waals surface area contributed by atoms with Crippen LogP contribution in [-0.2, 0) is 6.54 Å². The zero-order valence-corrected chi connectivity index (χ0v) is 15.5. The Bertz CT molecular complexity index is 799. The van der Waals surface area contributed by atoms with Crippen LogP contribution < -0.4 is 26.4 Å². The number of ketones is 1. The van der Waals surface area contributed by atoms with E-state index in [1.165, 1.54) is 15.7 Å². The summed E-state index contributed by atoms with van der Waals surface area (Å²) in [6, 6.07) is 13.8. The lowest BCUT2D eigenvalue weighted by atomic mass is 10.1. The standard InChI is InChI=1S/C17H15N2OS2.BrH/c20-15(13-5-2-1-3-6-13)11-18-8-9-19-14(12-22-17(18)19)16-7-4-10-21-16;/h1-7,10,12H,8-9,11H2;1H/q+1;/p-1. The van der Waals surface area contributed by atoms with Gasteiger partial charge in [-0.05, 0) is 11.4 Å². The van der Waals surface area contributed by atoms with E-state index < -0.39 is 0 Å². The van der Waals surface area contributed by atoms with Gasteiger partial charge in [-0.2, -0.15) is 0 Å². The summed E-state index contributed by atoms with van der Waals surface area (Å²) in [6.45, 7) is 2.31. The van der Waals surface area contributed by atoms with E-state index in [0.29, 0.717) is 6.54 Å². The fourth-order valence-corrected chi connectivity index (χ4v) is 4.69. The molecular formula is C17H15BrN2OS2. The van der Waals surface area contributed by atoms with Gasteiger partial charge in [0.1, 0.15) is 19.6 Å². The number of carbonyl (C=O) groups excluding carboxylic acids is 1. The topological polar surface area (TPSA) is 24.2 Å². The van der Waals surface area contributed by atoms with Crippen LogP contribution in [0.5, 0.6) is 0 Å². The third kappa shape index (κ3) is 3.11. The molecule has 0 saturated heterocycles. The number of benzene rings is 1. The Kier molecular flexibility index (Phi) is 4.94. The molecule has 118 valence electrons. The molecule has 0 saturated carbocycles. The van der Waals surface area contributed by atoms with Gasteiger partial charge in [0.15, 0.2) is 5.69 Å². The second kappa shape index (κ2) is 6.95. The molecule has 0 fully saturated rings. The molecule has 0 N–H and O–H groups in total. The molecule has 0 radical (unpaired) electrons. The number of fused-ring (bicyclic) bond motifs is 1. The van der Waals surface area contributed by atoms with E-state index in [1.807, 2.05) is 30.3 Å². The minimum atomic E-state index is 0. The van der Waals surface area contributed by atoms with Gasteiger partial charge >= 0.3 is 5.13 Å². The fraction of sp³-hybridized carbons (Fsp3) is 0.176. The van der Waals surface area contributed by atoms with E-state index in [4.69, 9.17) is 0 Å². The molecule has 23 heavy (non-hydrogen) atoms. The molecule has 0 amide bonds. The summed E-state index contributed by atoms with van der Waals surface area (Å²) in [7, 11) is 0. The van der Waals surface area contributed by atoms with Gasteiger partial charge in [0.25, 0.3) is 0 Å². The number of halogens is 1. The van der Waals surface area contributed by atoms with Crippen molar-refractivity contribution in [2.75, 3.05) is 18.0 Å². The minimum Gasteiger partial charge on any atom is -1.00 e. The van der Waals surface area contributed by atoms with Crippen molar-refractivity contribution < 1.29 is 26.3 Å². The van der Waals surface area contributed by atoms with Gasteiger partial charge in [-0.3, -0.25) is 4.79 Å². The van der Waals surface area contributed by atoms with Gasteiger partial charge in [0.05, 0.1) is 4.88 Å². The SMILES string of the molecule is O=C(CN1CC[n+]2c(-c3cccs3)csc21)c1ccccc1.[Br-]. The number of thiophene rings is 1. The molecule has 0 atom stereocenters. The molecule has 3 aromatic rings. The minimum absolute atomic E-state index is 0. The summed E-state index contributed by atoms with van der Waals surface area (Å²) in [5.74, 6) is 0.181. The van der Waals surface area contributed by atoms with Crippen LogP contribution in [0.3, 0.4) is 0 Å². The van der Waals surface area contributed by atoms with Crippen LogP contribution in [0.15, 0.2) is 53.2 Å². The average molecular weight is 407 g/mol. The van der Waals surface area contributed by atoms with Crippen LogP contribution in [0, 0.1) is 0 Å². The Hall–Kier alpha value is -1.50. The van der Waals surface area contributed by atoms with Crippen LogP contribution in [0.25, 0.3) is 10.6 Å². The highest BCUT2D eigenvalue weighted by Crippen LogP contribution is 2.30. The molecular weight excluding hydrogens is 392 g/mol. The predicted molar refractivity (Wildman–Crippen MR) is 90.8 cm³/mol. The van der Waals surface area contributed by atoms with E-state index in [1.54, 1.807) is 22.7 Å². The van der Waals surface area contributed by atoms with Crippen molar-refractivity contribution in [1.82, 2.24) is 0 Å². The predicted octanol–water partition coefficient (Wildman–Crippen LogP) is 0.471. The second-order valence-electron chi connectivity index (χ2n) is 5.24. The van der Waals surface area contributed by atoms with Crippen molar-refractivity contribution in [2.24, 2.45) is 0 Å². The molecule has 0 spiro atoms. The third-order valence-corrected chi connectivity index (χ3v) is 5.79. The molecule has 0 aliphatic carbocycles. The lowest BCUT2D eigenvalue weighted by molar-refractivity contribution is -0.655. The van der Waals surface area contributed by atoms with Crippen LogP contribution in [-0.4, -0.2) is 18.9 Å². The summed E-state index contributed by atoms with van der Waals surface area (Å²) in [4.78, 5) is 15.9. The number of nitrogens with zero attached hydrogens (tertiary/aromatic N) is 2. The van der Waals surface area contributed by atoms with Crippen LogP contribution in [0.4, 0.5) is 5.13 Å². The zero-order valence-electron chi connectivity index (χ0n) is 12.3. The van der Waals surface area contributed by atoms with Crippen molar-refractivity contribution in [3.05, 3.63) is 58.8 Å². The van der Waals surface area contributed by atoms with Gasteiger partial charge in [-0.1, -0.05) is 47.7 Å². The Morgan fingerprint density at radius 2 is 1.96 bits per heavy atom. The molecule has 1 aromatic carbocycles. The Morgan fingerprint density at radius 1 is 1.13 bits per heavy atom. The maximum absolute atomic E-state index is 12.4. The molecule has 1 aliphatic rings. The largest absolute Gasteiger partial charge is 1.00 e. The van der Waals surface area contributed by atoms with E-state index in [9.17, 15) is 4.79 Å². The summed E-state index contributed by atoms with van der Waals surface area (Å²) >= 11 is 3.48. The fourth-order valence-electron chi connectivity index (χ4n) is 2.77. The third-order valence-electron chi connectivity index (χ3n) is 3.87. The number of Topliss-reactive ketones (excluding diaryl/α,β-unsaturated/α-hetero) is 1. The highest BCUT2D eigenvalue weighted by Gasteiger charge is 2.34. The van der Waals surface area contributed by atoms with Gasteiger partial charge in [0.2, 0.25) is 5.78 Å². The van der Waals surface area contributed by atoms with Gasteiger partial charge in [-0.25, -0.2) is 9.47 Å². The Balaban J connectivity index is 0.00000156. The van der Waals surface area contributed by atoms with Crippen molar-refractivity contribution in [3.63, 3.8) is 0 Å². The van der Waals surface area contributed by atoms with Crippen molar-refractivity contribution in [1.29, 1.82) is 0 Å². The van der Waals surface area contributed by atoms with Gasteiger partial charge in [-0.15, -0.1) is 11.3 Å². The summed E-state index contributed by atoms with van der Waals surface area (Å²) in [5.41, 5.74) is 2.06. The number of carbonyl (C=O) groups is 1. The first-order chi connectivity index (χ1) is 10.8. The molecule has 3 heterocycles. The number of rotatable bonds is 4. The molecule has 2 aromatic heterocycles. The molecule has 1 aliphatic heterocycles. The smallest absolute Gasteiger partial charge is 0.337 e. The highest BCUT2D eigenvalue weighted by atomic mass is 79.9. The van der Waals surface area contributed by atoms with E-state index >= 15 is 0 Å². The van der Waals surface area contributed by atoms with E-state index in [-0.39, 0.29) is 22.8 Å². The molecule has 3 nitrogen and oxygen atoms in total. The Morgan fingerprint density at radius 3 is 2.70 bits per heavy atom. The second-order valence-corrected chi connectivity index (χ2v) is 7.03. The normalized spacial score (nSPS) is 12.8. The van der Waals surface area contributed by atoms with Gasteiger partial charge in [0, 0.05) is 10.9 Å². The summed E-state index contributed by atoms with van der Waals surface area (Å²) in [6.07, 6.45) is 0. The quantitative estimate of drug-likeness (QED) is 0.464. The molecule has 4 rings (SSSR count). The highest BCUT2D eigenvalue weighted by molar-refractivity contribution is 7.15. The molecule has 0 unspecified atom stereocenters. The lowest BCUT2D eigenvalue weighted by Crippen LogP contribution is -3.00.